The number of ether oxygens (including phenoxy) is 2. The average molecular weight is 237 g/mol. The van der Waals surface area contributed by atoms with Crippen molar-refractivity contribution in [1.82, 2.24) is 5.32 Å². The van der Waals surface area contributed by atoms with E-state index < -0.39 is 0 Å². The van der Waals surface area contributed by atoms with Crippen LogP contribution in [0.2, 0.25) is 0 Å². The molecule has 0 aliphatic heterocycles. The lowest BCUT2D eigenvalue weighted by Gasteiger charge is -2.11. The van der Waals surface area contributed by atoms with Crippen LogP contribution in [0.15, 0.2) is 24.3 Å². The van der Waals surface area contributed by atoms with Gasteiger partial charge in [-0.25, -0.2) is 0 Å². The average Bonchev–Trinajstić information content (AvgIpc) is 2.37. The lowest BCUT2D eigenvalue weighted by Crippen LogP contribution is -2.23. The maximum absolute atomic E-state index is 5.64. The van der Waals surface area contributed by atoms with Gasteiger partial charge in [-0.2, -0.15) is 0 Å². The predicted molar refractivity (Wildman–Crippen MR) is 70.9 cm³/mol. The standard InChI is InChI=1S/C14H23NO2/c1-4-10-16-13-5-7-14(8-6-13)17-11-9-12(2)15-3/h5-8,12,15H,4,9-11H2,1-3H3. The van der Waals surface area contributed by atoms with E-state index in [1.807, 2.05) is 31.3 Å². The van der Waals surface area contributed by atoms with Gasteiger partial charge in [-0.05, 0) is 51.1 Å². The van der Waals surface area contributed by atoms with E-state index in [0.717, 1.165) is 37.6 Å². The van der Waals surface area contributed by atoms with Gasteiger partial charge in [-0.3, -0.25) is 0 Å². The van der Waals surface area contributed by atoms with Gasteiger partial charge in [-0.1, -0.05) is 6.92 Å². The first-order chi connectivity index (χ1) is 8.26. The number of rotatable bonds is 8. The Kier molecular flexibility index (Phi) is 6.48. The summed E-state index contributed by atoms with van der Waals surface area (Å²) in [6.45, 7) is 5.74. The maximum Gasteiger partial charge on any atom is 0.119 e. The van der Waals surface area contributed by atoms with Crippen LogP contribution in [0.4, 0.5) is 0 Å². The lowest BCUT2D eigenvalue weighted by atomic mass is 10.2. The van der Waals surface area contributed by atoms with Crippen LogP contribution in [0.5, 0.6) is 11.5 Å². The molecule has 0 aliphatic carbocycles. The third-order valence-corrected chi connectivity index (χ3v) is 2.61. The summed E-state index contributed by atoms with van der Waals surface area (Å²) in [5.74, 6) is 1.81. The highest BCUT2D eigenvalue weighted by molar-refractivity contribution is 5.31. The van der Waals surface area contributed by atoms with E-state index in [1.54, 1.807) is 0 Å². The summed E-state index contributed by atoms with van der Waals surface area (Å²) < 4.78 is 11.1. The fraction of sp³-hybridized carbons (Fsp3) is 0.571. The number of nitrogens with one attached hydrogen (secondary N) is 1. The third-order valence-electron chi connectivity index (χ3n) is 2.61. The van der Waals surface area contributed by atoms with Crippen LogP contribution in [-0.4, -0.2) is 26.3 Å². The molecule has 96 valence electrons. The molecule has 0 radical (unpaired) electrons. The summed E-state index contributed by atoms with van der Waals surface area (Å²) in [4.78, 5) is 0. The Morgan fingerprint density at radius 2 is 1.59 bits per heavy atom. The fourth-order valence-electron chi connectivity index (χ4n) is 1.35. The Balaban J connectivity index is 2.30. The molecule has 3 nitrogen and oxygen atoms in total. The second kappa shape index (κ2) is 7.96. The Morgan fingerprint density at radius 3 is 2.06 bits per heavy atom. The van der Waals surface area contributed by atoms with Crippen molar-refractivity contribution < 1.29 is 9.47 Å². The molecular formula is C14H23NO2. The second-order valence-corrected chi connectivity index (χ2v) is 4.15. The van der Waals surface area contributed by atoms with Crippen molar-refractivity contribution in [3.63, 3.8) is 0 Å². The summed E-state index contributed by atoms with van der Waals surface area (Å²) in [6, 6.07) is 8.30. The van der Waals surface area contributed by atoms with Crippen LogP contribution in [-0.2, 0) is 0 Å². The Labute approximate surface area is 104 Å². The molecule has 0 fully saturated rings. The van der Waals surface area contributed by atoms with Crippen LogP contribution < -0.4 is 14.8 Å². The molecule has 0 spiro atoms. The molecule has 1 atom stereocenters. The van der Waals surface area contributed by atoms with Crippen LogP contribution in [0.3, 0.4) is 0 Å². The zero-order valence-corrected chi connectivity index (χ0v) is 11.0. The molecule has 0 aliphatic rings. The van der Waals surface area contributed by atoms with E-state index in [0.29, 0.717) is 6.04 Å². The highest BCUT2D eigenvalue weighted by Gasteiger charge is 1.99. The molecule has 0 saturated carbocycles. The minimum atomic E-state index is 0.488. The summed E-state index contributed by atoms with van der Waals surface area (Å²) in [7, 11) is 1.96. The minimum absolute atomic E-state index is 0.488. The topological polar surface area (TPSA) is 30.5 Å². The quantitative estimate of drug-likeness (QED) is 0.754. The van der Waals surface area contributed by atoms with Gasteiger partial charge < -0.3 is 14.8 Å². The Bertz CT molecular complexity index is 298. The van der Waals surface area contributed by atoms with Crippen molar-refractivity contribution >= 4 is 0 Å². The van der Waals surface area contributed by atoms with Gasteiger partial charge in [-0.15, -0.1) is 0 Å². The van der Waals surface area contributed by atoms with E-state index in [1.165, 1.54) is 0 Å². The van der Waals surface area contributed by atoms with Crippen molar-refractivity contribution in [3.8, 4) is 11.5 Å². The summed E-state index contributed by atoms with van der Waals surface area (Å²) >= 11 is 0. The van der Waals surface area contributed by atoms with Gasteiger partial charge in [0.15, 0.2) is 0 Å². The highest BCUT2D eigenvalue weighted by atomic mass is 16.5. The van der Waals surface area contributed by atoms with Crippen molar-refractivity contribution in [2.45, 2.75) is 32.7 Å². The molecule has 3 heteroatoms. The van der Waals surface area contributed by atoms with E-state index in [-0.39, 0.29) is 0 Å². The van der Waals surface area contributed by atoms with Crippen molar-refractivity contribution in [3.05, 3.63) is 24.3 Å². The molecule has 17 heavy (non-hydrogen) atoms. The predicted octanol–water partition coefficient (Wildman–Crippen LogP) is 2.85. The van der Waals surface area contributed by atoms with Crippen LogP contribution in [0.1, 0.15) is 26.7 Å². The lowest BCUT2D eigenvalue weighted by molar-refractivity contribution is 0.291. The molecule has 1 unspecified atom stereocenters. The smallest absolute Gasteiger partial charge is 0.119 e. The molecule has 1 aromatic rings. The van der Waals surface area contributed by atoms with E-state index in [9.17, 15) is 0 Å². The normalized spacial score (nSPS) is 12.2. The van der Waals surface area contributed by atoms with Gasteiger partial charge in [0.05, 0.1) is 13.2 Å². The highest BCUT2D eigenvalue weighted by Crippen LogP contribution is 2.17. The van der Waals surface area contributed by atoms with Gasteiger partial charge in [0.2, 0.25) is 0 Å². The first-order valence-electron chi connectivity index (χ1n) is 6.29. The van der Waals surface area contributed by atoms with E-state index >= 15 is 0 Å². The molecule has 1 rings (SSSR count). The summed E-state index contributed by atoms with van der Waals surface area (Å²) in [5, 5.41) is 3.18. The Morgan fingerprint density at radius 1 is 1.06 bits per heavy atom. The zero-order valence-electron chi connectivity index (χ0n) is 11.0. The van der Waals surface area contributed by atoms with Crippen LogP contribution in [0, 0.1) is 0 Å². The van der Waals surface area contributed by atoms with Gasteiger partial charge >= 0.3 is 0 Å². The molecule has 0 aromatic heterocycles. The monoisotopic (exact) mass is 237 g/mol. The van der Waals surface area contributed by atoms with Crippen LogP contribution >= 0.6 is 0 Å². The molecule has 1 aromatic carbocycles. The first-order valence-corrected chi connectivity index (χ1v) is 6.29. The molecule has 0 bridgehead atoms. The number of hydrogen-bond donors (Lipinski definition) is 1. The van der Waals surface area contributed by atoms with Crippen molar-refractivity contribution in [2.75, 3.05) is 20.3 Å². The SMILES string of the molecule is CCCOc1ccc(OCCC(C)NC)cc1. The zero-order chi connectivity index (χ0) is 12.5. The van der Waals surface area contributed by atoms with Gasteiger partial charge in [0, 0.05) is 6.04 Å². The largest absolute Gasteiger partial charge is 0.494 e. The molecule has 0 amide bonds. The van der Waals surface area contributed by atoms with Crippen LogP contribution in [0.25, 0.3) is 0 Å². The molecular weight excluding hydrogens is 214 g/mol. The first kappa shape index (κ1) is 13.8. The maximum atomic E-state index is 5.64. The summed E-state index contributed by atoms with van der Waals surface area (Å²) in [5.41, 5.74) is 0. The Hall–Kier alpha value is -1.22. The number of benzene rings is 1. The number of hydrogen-bond acceptors (Lipinski definition) is 3. The van der Waals surface area contributed by atoms with E-state index in [4.69, 9.17) is 9.47 Å². The molecule has 0 heterocycles. The van der Waals surface area contributed by atoms with E-state index in [2.05, 4.69) is 19.2 Å². The molecule has 0 saturated heterocycles. The fourth-order valence-corrected chi connectivity index (χ4v) is 1.35. The molecule has 1 N–H and O–H groups in total. The minimum Gasteiger partial charge on any atom is -0.494 e. The second-order valence-electron chi connectivity index (χ2n) is 4.15. The van der Waals surface area contributed by atoms with Crippen molar-refractivity contribution in [1.29, 1.82) is 0 Å². The van der Waals surface area contributed by atoms with Gasteiger partial charge in [0.1, 0.15) is 11.5 Å². The summed E-state index contributed by atoms with van der Waals surface area (Å²) in [6.07, 6.45) is 2.03. The van der Waals surface area contributed by atoms with Gasteiger partial charge in [0.25, 0.3) is 0 Å². The third kappa shape index (κ3) is 5.59. The van der Waals surface area contributed by atoms with Crippen molar-refractivity contribution in [2.24, 2.45) is 0 Å².